The van der Waals surface area contributed by atoms with E-state index in [2.05, 4.69) is 5.16 Å². The average Bonchev–Trinajstić information content (AvgIpc) is 2.63. The first kappa shape index (κ1) is 18.6. The Hall–Kier alpha value is -2.73. The van der Waals surface area contributed by atoms with E-state index in [1.54, 1.807) is 6.92 Å². The molecule has 0 bridgehead atoms. The first-order valence-corrected chi connectivity index (χ1v) is 7.92. The normalized spacial score (nSPS) is 13.4. The number of benzene rings is 2. The SMILES string of the molecule is CCOC(=O)C(CO/N=C/c1ccccc1)C(O)c1ccc(F)cc1. The molecule has 0 saturated carbocycles. The van der Waals surface area contributed by atoms with Crippen LogP contribution >= 0.6 is 0 Å². The second-order valence-electron chi connectivity index (χ2n) is 5.30. The molecule has 0 aliphatic carbocycles. The predicted octanol–water partition coefficient (Wildman–Crippen LogP) is 3.09. The fourth-order valence-electron chi connectivity index (χ4n) is 2.19. The van der Waals surface area contributed by atoms with Crippen LogP contribution in [0.25, 0.3) is 0 Å². The van der Waals surface area contributed by atoms with E-state index in [1.165, 1.54) is 30.5 Å². The van der Waals surface area contributed by atoms with Gasteiger partial charge < -0.3 is 14.7 Å². The molecule has 0 aliphatic rings. The highest BCUT2D eigenvalue weighted by Crippen LogP contribution is 2.24. The van der Waals surface area contributed by atoms with Crippen LogP contribution in [0.4, 0.5) is 4.39 Å². The zero-order valence-corrected chi connectivity index (χ0v) is 13.8. The Kier molecular flexibility index (Phi) is 7.10. The van der Waals surface area contributed by atoms with Crippen LogP contribution in [0, 0.1) is 11.7 Å². The predicted molar refractivity (Wildman–Crippen MR) is 91.5 cm³/mol. The van der Waals surface area contributed by atoms with Crippen molar-refractivity contribution in [1.82, 2.24) is 0 Å². The molecule has 2 aromatic rings. The topological polar surface area (TPSA) is 68.1 Å². The van der Waals surface area contributed by atoms with Crippen molar-refractivity contribution in [1.29, 1.82) is 0 Å². The molecule has 6 heteroatoms. The highest BCUT2D eigenvalue weighted by Gasteiger charge is 2.30. The number of hydrogen-bond donors (Lipinski definition) is 1. The number of halogens is 1. The van der Waals surface area contributed by atoms with E-state index in [0.29, 0.717) is 5.56 Å². The quantitative estimate of drug-likeness (QED) is 0.453. The van der Waals surface area contributed by atoms with Gasteiger partial charge in [0, 0.05) is 0 Å². The number of rotatable bonds is 8. The van der Waals surface area contributed by atoms with Crippen molar-refractivity contribution in [2.75, 3.05) is 13.2 Å². The molecule has 2 atom stereocenters. The van der Waals surface area contributed by atoms with Crippen molar-refractivity contribution >= 4 is 12.2 Å². The van der Waals surface area contributed by atoms with Gasteiger partial charge in [-0.2, -0.15) is 0 Å². The van der Waals surface area contributed by atoms with E-state index in [-0.39, 0.29) is 13.2 Å². The van der Waals surface area contributed by atoms with Crippen molar-refractivity contribution in [3.8, 4) is 0 Å². The first-order chi connectivity index (χ1) is 12.1. The van der Waals surface area contributed by atoms with Crippen LogP contribution in [-0.4, -0.2) is 30.5 Å². The number of oxime groups is 1. The van der Waals surface area contributed by atoms with E-state index in [1.807, 2.05) is 30.3 Å². The fraction of sp³-hybridized carbons (Fsp3) is 0.263. The summed E-state index contributed by atoms with van der Waals surface area (Å²) in [4.78, 5) is 17.3. The minimum atomic E-state index is -1.19. The molecule has 1 N–H and O–H groups in total. The van der Waals surface area contributed by atoms with Crippen LogP contribution in [0.1, 0.15) is 24.2 Å². The Labute approximate surface area is 145 Å². The lowest BCUT2D eigenvalue weighted by molar-refractivity contribution is -0.155. The van der Waals surface area contributed by atoms with Crippen LogP contribution in [0.2, 0.25) is 0 Å². The fourth-order valence-corrected chi connectivity index (χ4v) is 2.19. The molecule has 0 aliphatic heterocycles. The molecule has 2 aromatic carbocycles. The lowest BCUT2D eigenvalue weighted by atomic mass is 9.96. The van der Waals surface area contributed by atoms with Crippen LogP contribution in [0.15, 0.2) is 59.8 Å². The molecular formula is C19H20FNO4. The minimum Gasteiger partial charge on any atom is -0.466 e. The monoisotopic (exact) mass is 345 g/mol. The number of carbonyl (C=O) groups excluding carboxylic acids is 1. The summed E-state index contributed by atoms with van der Waals surface area (Å²) in [7, 11) is 0. The maximum atomic E-state index is 13.0. The molecule has 0 amide bonds. The third-order valence-electron chi connectivity index (χ3n) is 3.51. The van der Waals surface area contributed by atoms with Crippen LogP contribution in [0.5, 0.6) is 0 Å². The second-order valence-corrected chi connectivity index (χ2v) is 5.30. The van der Waals surface area contributed by atoms with Gasteiger partial charge in [-0.05, 0) is 30.2 Å². The molecule has 0 heterocycles. The highest BCUT2D eigenvalue weighted by atomic mass is 19.1. The van der Waals surface area contributed by atoms with Gasteiger partial charge in [-0.15, -0.1) is 0 Å². The molecule has 0 aromatic heterocycles. The van der Waals surface area contributed by atoms with Gasteiger partial charge in [0.05, 0.1) is 18.9 Å². The Morgan fingerprint density at radius 1 is 1.20 bits per heavy atom. The lowest BCUT2D eigenvalue weighted by Gasteiger charge is -2.20. The van der Waals surface area contributed by atoms with Crippen LogP contribution in [-0.2, 0) is 14.4 Å². The maximum absolute atomic E-state index is 13.0. The number of carbonyl (C=O) groups is 1. The van der Waals surface area contributed by atoms with Gasteiger partial charge in [-0.25, -0.2) is 4.39 Å². The number of nitrogens with zero attached hydrogens (tertiary/aromatic N) is 1. The van der Waals surface area contributed by atoms with Crippen molar-refractivity contribution < 1.29 is 23.9 Å². The Bertz CT molecular complexity index is 688. The number of ether oxygens (including phenoxy) is 1. The van der Waals surface area contributed by atoms with Gasteiger partial charge >= 0.3 is 5.97 Å². The van der Waals surface area contributed by atoms with Gasteiger partial charge in [0.2, 0.25) is 0 Å². The summed E-state index contributed by atoms with van der Waals surface area (Å²) in [5, 5.41) is 14.2. The average molecular weight is 345 g/mol. The molecule has 132 valence electrons. The Morgan fingerprint density at radius 2 is 1.88 bits per heavy atom. The van der Waals surface area contributed by atoms with E-state index in [0.717, 1.165) is 5.56 Å². The van der Waals surface area contributed by atoms with E-state index in [4.69, 9.17) is 9.57 Å². The summed E-state index contributed by atoms with van der Waals surface area (Å²) in [6, 6.07) is 14.6. The van der Waals surface area contributed by atoms with E-state index < -0.39 is 23.8 Å². The molecule has 0 spiro atoms. The van der Waals surface area contributed by atoms with Gasteiger partial charge in [-0.1, -0.05) is 47.6 Å². The molecule has 0 radical (unpaired) electrons. The lowest BCUT2D eigenvalue weighted by Crippen LogP contribution is -2.28. The molecular weight excluding hydrogens is 325 g/mol. The zero-order valence-electron chi connectivity index (χ0n) is 13.8. The van der Waals surface area contributed by atoms with Gasteiger partial charge in [0.15, 0.2) is 0 Å². The third kappa shape index (κ3) is 5.69. The van der Waals surface area contributed by atoms with Crippen LogP contribution in [0.3, 0.4) is 0 Å². The largest absolute Gasteiger partial charge is 0.466 e. The third-order valence-corrected chi connectivity index (χ3v) is 3.51. The Balaban J connectivity index is 2.03. The first-order valence-electron chi connectivity index (χ1n) is 7.92. The molecule has 2 unspecified atom stereocenters. The van der Waals surface area contributed by atoms with Gasteiger partial charge in [0.1, 0.15) is 18.3 Å². The number of aliphatic hydroxyl groups is 1. The standard InChI is InChI=1S/C19H20FNO4/c1-2-24-19(23)17(18(22)15-8-10-16(20)11-9-15)13-25-21-12-14-6-4-3-5-7-14/h3-12,17-18,22H,2,13H2,1H3/b21-12+. The maximum Gasteiger partial charge on any atom is 0.315 e. The van der Waals surface area contributed by atoms with Crippen LogP contribution < -0.4 is 0 Å². The van der Waals surface area contributed by atoms with Gasteiger partial charge in [0.25, 0.3) is 0 Å². The summed E-state index contributed by atoms with van der Waals surface area (Å²) in [6.45, 7) is 1.69. The van der Waals surface area contributed by atoms with Crippen molar-refractivity contribution in [3.63, 3.8) is 0 Å². The molecule has 0 fully saturated rings. The Morgan fingerprint density at radius 3 is 2.52 bits per heavy atom. The molecule has 2 rings (SSSR count). The van der Waals surface area contributed by atoms with Gasteiger partial charge in [-0.3, -0.25) is 4.79 Å². The number of hydrogen-bond acceptors (Lipinski definition) is 5. The minimum absolute atomic E-state index is 0.166. The summed E-state index contributed by atoms with van der Waals surface area (Å²) in [5.74, 6) is -2.00. The highest BCUT2D eigenvalue weighted by molar-refractivity contribution is 5.78. The summed E-state index contributed by atoms with van der Waals surface area (Å²) < 4.78 is 18.0. The number of esters is 1. The van der Waals surface area contributed by atoms with Crippen molar-refractivity contribution in [2.45, 2.75) is 13.0 Å². The van der Waals surface area contributed by atoms with E-state index >= 15 is 0 Å². The zero-order chi connectivity index (χ0) is 18.1. The van der Waals surface area contributed by atoms with E-state index in [9.17, 15) is 14.3 Å². The molecule has 25 heavy (non-hydrogen) atoms. The number of aliphatic hydroxyl groups excluding tert-OH is 1. The molecule has 5 nitrogen and oxygen atoms in total. The summed E-state index contributed by atoms with van der Waals surface area (Å²) >= 11 is 0. The second kappa shape index (κ2) is 9.54. The van der Waals surface area contributed by atoms with Crippen molar-refractivity contribution in [2.24, 2.45) is 11.1 Å². The molecule has 0 saturated heterocycles. The summed E-state index contributed by atoms with van der Waals surface area (Å²) in [5.41, 5.74) is 1.24. The summed E-state index contributed by atoms with van der Waals surface area (Å²) in [6.07, 6.45) is 0.318. The van der Waals surface area contributed by atoms with Crippen molar-refractivity contribution in [3.05, 3.63) is 71.5 Å². The smallest absolute Gasteiger partial charge is 0.315 e.